The minimum absolute atomic E-state index is 0.0381. The van der Waals surface area contributed by atoms with E-state index in [4.69, 9.17) is 4.74 Å². The maximum atomic E-state index is 13.1. The number of aliphatic imine (C=N–C) groups is 1. The number of carbonyl (C=O) groups excluding carboxylic acids is 1. The molecule has 2 aromatic rings. The molecule has 0 radical (unpaired) electrons. The monoisotopic (exact) mass is 322 g/mol. The molecule has 0 atom stereocenters. The smallest absolute Gasteiger partial charge is 0.228 e. The summed E-state index contributed by atoms with van der Waals surface area (Å²) >= 11 is 0. The molecule has 24 heavy (non-hydrogen) atoms. The van der Waals surface area contributed by atoms with Crippen LogP contribution in [0.25, 0.3) is 0 Å². The molecule has 0 amide bonds. The molecule has 4 heteroatoms. The van der Waals surface area contributed by atoms with Gasteiger partial charge in [0.15, 0.2) is 5.84 Å². The molecule has 2 aromatic carbocycles. The van der Waals surface area contributed by atoms with Crippen LogP contribution in [0.4, 0.5) is 5.69 Å². The van der Waals surface area contributed by atoms with Crippen LogP contribution in [0, 0.1) is 13.8 Å². The summed E-state index contributed by atoms with van der Waals surface area (Å²) in [6.07, 6.45) is 0. The first-order chi connectivity index (χ1) is 11.6. The van der Waals surface area contributed by atoms with Crippen molar-refractivity contribution in [1.82, 2.24) is 4.90 Å². The van der Waals surface area contributed by atoms with Crippen LogP contribution in [-0.4, -0.2) is 42.8 Å². The number of benzene rings is 2. The van der Waals surface area contributed by atoms with Crippen molar-refractivity contribution in [3.63, 3.8) is 0 Å². The number of ether oxygens (including phenoxy) is 1. The normalized spacial score (nSPS) is 15.4. The van der Waals surface area contributed by atoms with Crippen molar-refractivity contribution in [3.8, 4) is 0 Å². The van der Waals surface area contributed by atoms with Crippen molar-refractivity contribution >= 4 is 17.3 Å². The fourth-order valence-corrected chi connectivity index (χ4v) is 2.68. The topological polar surface area (TPSA) is 41.9 Å². The first-order valence-electron chi connectivity index (χ1n) is 8.23. The fraction of sp³-hybridized carbons (Fsp3) is 0.300. The van der Waals surface area contributed by atoms with Gasteiger partial charge >= 0.3 is 0 Å². The molecule has 0 aliphatic carbocycles. The van der Waals surface area contributed by atoms with Gasteiger partial charge in [-0.2, -0.15) is 0 Å². The van der Waals surface area contributed by atoms with E-state index < -0.39 is 0 Å². The highest BCUT2D eigenvalue weighted by molar-refractivity contribution is 6.45. The van der Waals surface area contributed by atoms with Gasteiger partial charge in [-0.1, -0.05) is 30.3 Å². The van der Waals surface area contributed by atoms with Crippen LogP contribution in [0.5, 0.6) is 0 Å². The fourth-order valence-electron chi connectivity index (χ4n) is 2.68. The van der Waals surface area contributed by atoms with E-state index in [1.807, 2.05) is 67.3 Å². The minimum Gasteiger partial charge on any atom is -0.378 e. The van der Waals surface area contributed by atoms with Gasteiger partial charge in [0.2, 0.25) is 5.78 Å². The highest BCUT2D eigenvalue weighted by atomic mass is 16.5. The van der Waals surface area contributed by atoms with Crippen LogP contribution < -0.4 is 0 Å². The van der Waals surface area contributed by atoms with E-state index in [1.165, 1.54) is 5.56 Å². The van der Waals surface area contributed by atoms with Crippen molar-refractivity contribution in [3.05, 3.63) is 65.2 Å². The lowest BCUT2D eigenvalue weighted by Crippen LogP contribution is -2.44. The average molecular weight is 322 g/mol. The molecule has 1 fully saturated rings. The highest BCUT2D eigenvalue weighted by Gasteiger charge is 2.23. The Labute approximate surface area is 142 Å². The van der Waals surface area contributed by atoms with Gasteiger partial charge in [0.1, 0.15) is 0 Å². The van der Waals surface area contributed by atoms with E-state index in [0.29, 0.717) is 37.7 Å². The van der Waals surface area contributed by atoms with Crippen LogP contribution in [0.3, 0.4) is 0 Å². The van der Waals surface area contributed by atoms with Crippen molar-refractivity contribution < 1.29 is 9.53 Å². The molecule has 1 aliphatic rings. The quantitative estimate of drug-likeness (QED) is 0.493. The van der Waals surface area contributed by atoms with Crippen LogP contribution in [-0.2, 0) is 4.74 Å². The molecule has 0 spiro atoms. The third kappa shape index (κ3) is 3.71. The summed E-state index contributed by atoms with van der Waals surface area (Å²) in [4.78, 5) is 19.8. The number of aryl methyl sites for hydroxylation is 2. The number of hydrogen-bond donors (Lipinski definition) is 0. The third-order valence-corrected chi connectivity index (χ3v) is 4.27. The third-order valence-electron chi connectivity index (χ3n) is 4.27. The molecule has 1 aliphatic heterocycles. The van der Waals surface area contributed by atoms with E-state index in [2.05, 4.69) is 4.99 Å². The van der Waals surface area contributed by atoms with Crippen molar-refractivity contribution in [2.24, 2.45) is 4.99 Å². The summed E-state index contributed by atoms with van der Waals surface area (Å²) in [5.74, 6) is 0.455. The molecule has 0 bridgehead atoms. The lowest BCUT2D eigenvalue weighted by Gasteiger charge is -2.29. The first kappa shape index (κ1) is 16.4. The van der Waals surface area contributed by atoms with Gasteiger partial charge in [-0.15, -0.1) is 0 Å². The summed E-state index contributed by atoms with van der Waals surface area (Å²) in [5, 5.41) is 0. The van der Waals surface area contributed by atoms with E-state index in [-0.39, 0.29) is 5.78 Å². The number of morpholine rings is 1. The van der Waals surface area contributed by atoms with Gasteiger partial charge in [0, 0.05) is 18.7 Å². The van der Waals surface area contributed by atoms with Gasteiger partial charge in [0.05, 0.1) is 18.9 Å². The van der Waals surface area contributed by atoms with Crippen LogP contribution in [0.1, 0.15) is 21.5 Å². The van der Waals surface area contributed by atoms with Gasteiger partial charge < -0.3 is 9.64 Å². The molecular formula is C20H22N2O2. The second kappa shape index (κ2) is 7.41. The molecule has 0 N–H and O–H groups in total. The lowest BCUT2D eigenvalue weighted by atomic mass is 10.0. The number of hydrogen-bond acceptors (Lipinski definition) is 3. The minimum atomic E-state index is -0.0381. The van der Waals surface area contributed by atoms with Crippen LogP contribution >= 0.6 is 0 Å². The van der Waals surface area contributed by atoms with E-state index in [1.54, 1.807) is 0 Å². The Bertz CT molecular complexity index is 747. The predicted octanol–water partition coefficient (Wildman–Crippen LogP) is 3.55. The second-order valence-corrected chi connectivity index (χ2v) is 6.00. The Morgan fingerprint density at radius 3 is 2.38 bits per heavy atom. The van der Waals surface area contributed by atoms with E-state index in [0.717, 1.165) is 11.3 Å². The molecular weight excluding hydrogens is 300 g/mol. The van der Waals surface area contributed by atoms with E-state index >= 15 is 0 Å². The number of ketones is 1. The second-order valence-electron chi connectivity index (χ2n) is 6.00. The van der Waals surface area contributed by atoms with Crippen LogP contribution in [0.15, 0.2) is 53.5 Å². The SMILES string of the molecule is Cc1ccc(C(=O)C(=Nc2ccccc2)N2CCOCC2)cc1C. The Morgan fingerprint density at radius 2 is 1.71 bits per heavy atom. The molecule has 124 valence electrons. The maximum absolute atomic E-state index is 13.1. The largest absolute Gasteiger partial charge is 0.378 e. The zero-order valence-electron chi connectivity index (χ0n) is 14.2. The van der Waals surface area contributed by atoms with Crippen molar-refractivity contribution in [2.45, 2.75) is 13.8 Å². The van der Waals surface area contributed by atoms with Gasteiger partial charge in [-0.05, 0) is 43.2 Å². The molecule has 3 rings (SSSR count). The molecule has 0 saturated carbocycles. The number of carbonyl (C=O) groups is 1. The number of para-hydroxylation sites is 1. The molecule has 1 heterocycles. The summed E-state index contributed by atoms with van der Waals surface area (Å²) in [6.45, 7) is 6.67. The van der Waals surface area contributed by atoms with Crippen molar-refractivity contribution in [1.29, 1.82) is 0 Å². The van der Waals surface area contributed by atoms with Gasteiger partial charge in [-0.25, -0.2) is 4.99 Å². The molecule has 0 aromatic heterocycles. The number of rotatable bonds is 3. The highest BCUT2D eigenvalue weighted by Crippen LogP contribution is 2.17. The number of nitrogens with zero attached hydrogens (tertiary/aromatic N) is 2. The van der Waals surface area contributed by atoms with Gasteiger partial charge in [0.25, 0.3) is 0 Å². The van der Waals surface area contributed by atoms with Gasteiger partial charge in [-0.3, -0.25) is 4.79 Å². The average Bonchev–Trinajstić information content (AvgIpc) is 2.63. The zero-order valence-corrected chi connectivity index (χ0v) is 14.2. The molecule has 0 unspecified atom stereocenters. The lowest BCUT2D eigenvalue weighted by molar-refractivity contribution is 0.0659. The molecule has 4 nitrogen and oxygen atoms in total. The predicted molar refractivity (Wildman–Crippen MR) is 96.2 cm³/mol. The standard InChI is InChI=1S/C20H22N2O2/c1-15-8-9-17(14-16(15)2)19(23)20(22-10-12-24-13-11-22)21-18-6-4-3-5-7-18/h3-9,14H,10-13H2,1-2H3. The Hall–Kier alpha value is -2.46. The van der Waals surface area contributed by atoms with Crippen molar-refractivity contribution in [2.75, 3.05) is 26.3 Å². The Balaban J connectivity index is 1.98. The number of Topliss-reactive ketones (excluding diaryl/α,β-unsaturated/α-hetero) is 1. The number of amidine groups is 1. The summed E-state index contributed by atoms with van der Waals surface area (Å²) in [6, 6.07) is 15.4. The first-order valence-corrected chi connectivity index (χ1v) is 8.23. The Kier molecular flexibility index (Phi) is 5.06. The summed E-state index contributed by atoms with van der Waals surface area (Å²) in [5.41, 5.74) is 3.76. The summed E-state index contributed by atoms with van der Waals surface area (Å²) < 4.78 is 5.41. The van der Waals surface area contributed by atoms with Crippen LogP contribution in [0.2, 0.25) is 0 Å². The zero-order chi connectivity index (χ0) is 16.9. The maximum Gasteiger partial charge on any atom is 0.228 e. The van der Waals surface area contributed by atoms with E-state index in [9.17, 15) is 4.79 Å². The summed E-state index contributed by atoms with van der Waals surface area (Å²) in [7, 11) is 0. The Morgan fingerprint density at radius 1 is 1.00 bits per heavy atom. The molecule has 1 saturated heterocycles.